The zero-order valence-electron chi connectivity index (χ0n) is 14.1. The molecule has 4 rings (SSSR count). The van der Waals surface area contributed by atoms with Gasteiger partial charge in [0.05, 0.1) is 25.5 Å². The van der Waals surface area contributed by atoms with Gasteiger partial charge >= 0.3 is 0 Å². The van der Waals surface area contributed by atoms with Crippen LogP contribution in [-0.4, -0.2) is 66.1 Å². The van der Waals surface area contributed by atoms with Crippen molar-refractivity contribution in [2.24, 2.45) is 11.3 Å². The monoisotopic (exact) mass is 343 g/mol. The minimum absolute atomic E-state index is 0.0842. The molecule has 2 aromatic rings. The van der Waals surface area contributed by atoms with E-state index in [-0.39, 0.29) is 17.1 Å². The van der Waals surface area contributed by atoms with Gasteiger partial charge in [0.25, 0.3) is 5.91 Å². The maximum absolute atomic E-state index is 12.9. The van der Waals surface area contributed by atoms with Gasteiger partial charge in [0, 0.05) is 37.1 Å². The number of aromatic nitrogens is 2. The molecule has 2 N–H and O–H groups in total. The second kappa shape index (κ2) is 6.16. The van der Waals surface area contributed by atoms with Crippen LogP contribution in [0.25, 0.3) is 11.3 Å². The van der Waals surface area contributed by atoms with Gasteiger partial charge < -0.3 is 19.5 Å². The molecular weight excluding hydrogens is 322 g/mol. The highest BCUT2D eigenvalue weighted by atomic mass is 16.5. The quantitative estimate of drug-likeness (QED) is 0.879. The summed E-state index contributed by atoms with van der Waals surface area (Å²) in [7, 11) is 1.68. The van der Waals surface area contributed by atoms with Crippen molar-refractivity contribution in [2.45, 2.75) is 0 Å². The first kappa shape index (κ1) is 16.1. The minimum Gasteiger partial charge on any atom is -0.507 e. The van der Waals surface area contributed by atoms with Crippen molar-refractivity contribution < 1.29 is 19.4 Å². The fourth-order valence-corrected chi connectivity index (χ4v) is 3.91. The average molecular weight is 343 g/mol. The molecule has 1 aromatic heterocycles. The molecule has 2 fully saturated rings. The van der Waals surface area contributed by atoms with Gasteiger partial charge in [0.1, 0.15) is 11.4 Å². The molecular formula is C18H21N3O4. The van der Waals surface area contributed by atoms with Gasteiger partial charge in [-0.15, -0.1) is 0 Å². The number of phenolic OH excluding ortho intramolecular Hbond substituents is 1. The fourth-order valence-electron chi connectivity index (χ4n) is 3.91. The van der Waals surface area contributed by atoms with Crippen LogP contribution in [0.4, 0.5) is 0 Å². The fraction of sp³-hybridized carbons (Fsp3) is 0.444. The number of carbonyl (C=O) groups is 1. The van der Waals surface area contributed by atoms with Crippen LogP contribution in [0.15, 0.2) is 30.3 Å². The molecule has 1 amide bonds. The first-order valence-electron chi connectivity index (χ1n) is 8.33. The van der Waals surface area contributed by atoms with E-state index in [1.165, 1.54) is 0 Å². The summed E-state index contributed by atoms with van der Waals surface area (Å²) in [6, 6.07) is 8.62. The number of rotatable bonds is 4. The number of aromatic hydroxyl groups is 1. The number of benzene rings is 1. The highest BCUT2D eigenvalue weighted by Gasteiger charge is 2.52. The van der Waals surface area contributed by atoms with E-state index in [0.717, 1.165) is 0 Å². The summed E-state index contributed by atoms with van der Waals surface area (Å²) in [6.07, 6.45) is 0. The lowest BCUT2D eigenvalue weighted by Crippen LogP contribution is -2.37. The zero-order chi connectivity index (χ0) is 17.4. The van der Waals surface area contributed by atoms with E-state index >= 15 is 0 Å². The molecule has 2 aliphatic rings. The summed E-state index contributed by atoms with van der Waals surface area (Å²) in [5.74, 6) is 0.357. The average Bonchev–Trinajstić information content (AvgIpc) is 3.28. The molecule has 3 heterocycles. The Morgan fingerprint density at radius 2 is 2.36 bits per heavy atom. The van der Waals surface area contributed by atoms with Crippen LogP contribution >= 0.6 is 0 Å². The summed E-state index contributed by atoms with van der Waals surface area (Å²) >= 11 is 0. The maximum Gasteiger partial charge on any atom is 0.271 e. The number of hydrogen-bond acceptors (Lipinski definition) is 5. The highest BCUT2D eigenvalue weighted by Crippen LogP contribution is 2.42. The Kier molecular flexibility index (Phi) is 3.97. The van der Waals surface area contributed by atoms with Gasteiger partial charge in [-0.25, -0.2) is 0 Å². The van der Waals surface area contributed by atoms with Gasteiger partial charge in [-0.2, -0.15) is 5.10 Å². The molecule has 132 valence electrons. The first-order chi connectivity index (χ1) is 12.1. The molecule has 0 unspecified atom stereocenters. The van der Waals surface area contributed by atoms with Crippen LogP contribution < -0.4 is 0 Å². The molecule has 2 atom stereocenters. The maximum atomic E-state index is 12.9. The summed E-state index contributed by atoms with van der Waals surface area (Å²) in [4.78, 5) is 14.7. The number of amides is 1. The Hall–Kier alpha value is -2.38. The van der Waals surface area contributed by atoms with E-state index in [4.69, 9.17) is 9.47 Å². The van der Waals surface area contributed by atoms with Gasteiger partial charge in [-0.05, 0) is 18.2 Å². The number of fused-ring (bicyclic) bond motifs is 1. The second-order valence-corrected chi connectivity index (χ2v) is 6.88. The van der Waals surface area contributed by atoms with E-state index in [1.54, 1.807) is 31.4 Å². The van der Waals surface area contributed by atoms with Crippen molar-refractivity contribution in [3.05, 3.63) is 36.0 Å². The Morgan fingerprint density at radius 1 is 1.52 bits per heavy atom. The molecule has 25 heavy (non-hydrogen) atoms. The Bertz CT molecular complexity index is 790. The standard InChI is InChI=1S/C18H21N3O4/c1-24-10-18-9-21(7-12(18)8-25-11-18)17(23)15-6-14(19-20-15)13-4-2-3-5-16(13)22/h2-6,12,22H,7-11H2,1H3,(H,19,20)/t12-,18-/m0/s1. The van der Waals surface area contributed by atoms with Crippen molar-refractivity contribution in [3.8, 4) is 17.0 Å². The van der Waals surface area contributed by atoms with Crippen molar-refractivity contribution in [3.63, 3.8) is 0 Å². The summed E-state index contributed by atoms with van der Waals surface area (Å²) in [5, 5.41) is 16.9. The second-order valence-electron chi connectivity index (χ2n) is 6.88. The Labute approximate surface area is 145 Å². The lowest BCUT2D eigenvalue weighted by molar-refractivity contribution is 0.0487. The number of nitrogens with zero attached hydrogens (tertiary/aromatic N) is 2. The predicted molar refractivity (Wildman–Crippen MR) is 90.2 cm³/mol. The topological polar surface area (TPSA) is 87.7 Å². The molecule has 0 bridgehead atoms. The molecule has 0 radical (unpaired) electrons. The third-order valence-electron chi connectivity index (χ3n) is 5.23. The number of methoxy groups -OCH3 is 1. The van der Waals surface area contributed by atoms with E-state index in [1.807, 2.05) is 11.0 Å². The zero-order valence-corrected chi connectivity index (χ0v) is 14.1. The van der Waals surface area contributed by atoms with Crippen LogP contribution in [0.1, 0.15) is 10.5 Å². The molecule has 0 saturated carbocycles. The number of H-pyrrole nitrogens is 1. The largest absolute Gasteiger partial charge is 0.507 e. The van der Waals surface area contributed by atoms with Crippen molar-refractivity contribution in [1.82, 2.24) is 15.1 Å². The van der Waals surface area contributed by atoms with Crippen LogP contribution in [-0.2, 0) is 9.47 Å². The molecule has 2 aliphatic heterocycles. The first-order valence-corrected chi connectivity index (χ1v) is 8.33. The van der Waals surface area contributed by atoms with Gasteiger partial charge in [0.2, 0.25) is 0 Å². The van der Waals surface area contributed by atoms with Crippen LogP contribution in [0, 0.1) is 11.3 Å². The number of nitrogens with one attached hydrogen (secondary N) is 1. The molecule has 0 aliphatic carbocycles. The molecule has 2 saturated heterocycles. The molecule has 0 spiro atoms. The van der Waals surface area contributed by atoms with Gasteiger partial charge in [-0.1, -0.05) is 12.1 Å². The van der Waals surface area contributed by atoms with Crippen LogP contribution in [0.3, 0.4) is 0 Å². The number of ether oxygens (including phenoxy) is 2. The number of hydrogen-bond donors (Lipinski definition) is 2. The van der Waals surface area contributed by atoms with Gasteiger partial charge in [0.15, 0.2) is 0 Å². The van der Waals surface area contributed by atoms with E-state index in [9.17, 15) is 9.90 Å². The molecule has 7 heteroatoms. The normalized spacial score (nSPS) is 25.3. The Morgan fingerprint density at radius 3 is 3.16 bits per heavy atom. The SMILES string of the molecule is COC[C@@]12COC[C@@H]1CN(C(=O)c1cc(-c3ccccc3O)n[nH]1)C2. The number of carbonyl (C=O) groups excluding carboxylic acids is 1. The molecule has 7 nitrogen and oxygen atoms in total. The van der Waals surface area contributed by atoms with Crippen LogP contribution in [0.2, 0.25) is 0 Å². The lowest BCUT2D eigenvalue weighted by atomic mass is 9.82. The third kappa shape index (κ3) is 2.69. The minimum atomic E-state index is -0.106. The van der Waals surface area contributed by atoms with Gasteiger partial charge in [-0.3, -0.25) is 9.89 Å². The van der Waals surface area contributed by atoms with E-state index in [2.05, 4.69) is 10.2 Å². The Balaban J connectivity index is 1.54. The smallest absolute Gasteiger partial charge is 0.271 e. The number of likely N-dealkylation sites (tertiary alicyclic amines) is 1. The third-order valence-corrected chi connectivity index (χ3v) is 5.23. The molecule has 1 aromatic carbocycles. The number of phenols is 1. The van der Waals surface area contributed by atoms with Crippen LogP contribution in [0.5, 0.6) is 5.75 Å². The lowest BCUT2D eigenvalue weighted by Gasteiger charge is -2.25. The highest BCUT2D eigenvalue weighted by molar-refractivity contribution is 5.93. The van der Waals surface area contributed by atoms with Crippen molar-refractivity contribution in [1.29, 1.82) is 0 Å². The van der Waals surface area contributed by atoms with Crippen molar-refractivity contribution in [2.75, 3.05) is 40.0 Å². The number of para-hydroxylation sites is 1. The van der Waals surface area contributed by atoms with E-state index < -0.39 is 0 Å². The number of aromatic amines is 1. The summed E-state index contributed by atoms with van der Waals surface area (Å²) in [5.41, 5.74) is 1.47. The van der Waals surface area contributed by atoms with Crippen molar-refractivity contribution >= 4 is 5.91 Å². The predicted octanol–water partition coefficient (Wildman–Crippen LogP) is 1.52. The summed E-state index contributed by atoms with van der Waals surface area (Å²) < 4.78 is 11.0. The summed E-state index contributed by atoms with van der Waals surface area (Å²) in [6.45, 7) is 3.16. The van der Waals surface area contributed by atoms with E-state index in [0.29, 0.717) is 55.8 Å².